The van der Waals surface area contributed by atoms with E-state index in [1.807, 2.05) is 91.3 Å². The summed E-state index contributed by atoms with van der Waals surface area (Å²) >= 11 is 0. The first kappa shape index (κ1) is 17.3. The molecule has 142 valence electrons. The second kappa shape index (κ2) is 7.32. The number of aromatic nitrogens is 2. The minimum absolute atomic E-state index is 0.251. The minimum atomic E-state index is -0.522. The van der Waals surface area contributed by atoms with Crippen LogP contribution < -0.4 is 0 Å². The van der Waals surface area contributed by atoms with E-state index in [0.29, 0.717) is 0 Å². The maximum Gasteiger partial charge on any atom is 0.318 e. The summed E-state index contributed by atoms with van der Waals surface area (Å²) in [5, 5.41) is 2.05. The predicted octanol–water partition coefficient (Wildman–Crippen LogP) is 5.52. The molecule has 0 saturated carbocycles. The van der Waals surface area contributed by atoms with Crippen LogP contribution in [0.3, 0.4) is 0 Å². The van der Waals surface area contributed by atoms with Crippen molar-refractivity contribution in [3.8, 4) is 0 Å². The van der Waals surface area contributed by atoms with Crippen molar-refractivity contribution < 1.29 is 9.53 Å². The van der Waals surface area contributed by atoms with Gasteiger partial charge in [0.2, 0.25) is 0 Å². The largest absolute Gasteiger partial charge is 0.460 e. The standard InChI is InChI=1S/C25H20N2O2/c28-25(29-16-17-8-2-1-3-9-17)24(20-14-26-22-12-6-4-10-18(20)22)21-15-27-23-13-7-5-11-19(21)23/h1-15,24,26-27H,16H2. The number of para-hydroxylation sites is 2. The molecule has 0 amide bonds. The summed E-state index contributed by atoms with van der Waals surface area (Å²) in [7, 11) is 0. The molecule has 3 aromatic carbocycles. The molecule has 4 nitrogen and oxygen atoms in total. The van der Waals surface area contributed by atoms with Crippen LogP contribution in [0.2, 0.25) is 0 Å². The lowest BCUT2D eigenvalue weighted by Gasteiger charge is -2.16. The lowest BCUT2D eigenvalue weighted by molar-refractivity contribution is -0.145. The molecule has 2 N–H and O–H groups in total. The molecule has 0 aliphatic heterocycles. The molecular weight excluding hydrogens is 360 g/mol. The number of carbonyl (C=O) groups excluding carboxylic acids is 1. The average Bonchev–Trinajstić information content (AvgIpc) is 3.39. The molecule has 0 aliphatic carbocycles. The van der Waals surface area contributed by atoms with Crippen LogP contribution in [0.4, 0.5) is 0 Å². The number of hydrogen-bond acceptors (Lipinski definition) is 2. The second-order valence-corrected chi connectivity index (χ2v) is 7.11. The fraction of sp³-hybridized carbons (Fsp3) is 0.0800. The predicted molar refractivity (Wildman–Crippen MR) is 115 cm³/mol. The van der Waals surface area contributed by atoms with Gasteiger partial charge in [-0.25, -0.2) is 0 Å². The number of aromatic amines is 2. The molecule has 29 heavy (non-hydrogen) atoms. The third-order valence-electron chi connectivity index (χ3n) is 5.32. The Morgan fingerprint density at radius 2 is 1.24 bits per heavy atom. The van der Waals surface area contributed by atoms with E-state index in [-0.39, 0.29) is 12.6 Å². The molecule has 0 aliphatic rings. The van der Waals surface area contributed by atoms with Gasteiger partial charge in [-0.15, -0.1) is 0 Å². The van der Waals surface area contributed by atoms with Crippen molar-refractivity contribution in [2.45, 2.75) is 12.5 Å². The van der Waals surface area contributed by atoms with Gasteiger partial charge >= 0.3 is 5.97 Å². The van der Waals surface area contributed by atoms with E-state index in [0.717, 1.165) is 38.5 Å². The number of H-pyrrole nitrogens is 2. The Morgan fingerprint density at radius 3 is 1.83 bits per heavy atom. The van der Waals surface area contributed by atoms with Crippen LogP contribution in [-0.2, 0) is 16.1 Å². The lowest BCUT2D eigenvalue weighted by Crippen LogP contribution is -2.17. The normalized spacial score (nSPS) is 11.3. The summed E-state index contributed by atoms with van der Waals surface area (Å²) in [6.45, 7) is 0.251. The van der Waals surface area contributed by atoms with Crippen molar-refractivity contribution in [2.24, 2.45) is 0 Å². The first-order valence-electron chi connectivity index (χ1n) is 9.64. The second-order valence-electron chi connectivity index (χ2n) is 7.11. The van der Waals surface area contributed by atoms with Gasteiger partial charge in [0.05, 0.1) is 0 Å². The maximum absolute atomic E-state index is 13.4. The minimum Gasteiger partial charge on any atom is -0.460 e. The first-order chi connectivity index (χ1) is 14.3. The Balaban J connectivity index is 1.58. The first-order valence-corrected chi connectivity index (χ1v) is 9.64. The lowest BCUT2D eigenvalue weighted by atomic mass is 9.90. The molecule has 0 spiro atoms. The summed E-state index contributed by atoms with van der Waals surface area (Å²) in [5.41, 5.74) is 4.82. The Morgan fingerprint density at radius 1 is 0.724 bits per heavy atom. The molecule has 4 heteroatoms. The zero-order chi connectivity index (χ0) is 19.6. The molecule has 0 bridgehead atoms. The van der Waals surface area contributed by atoms with E-state index in [4.69, 9.17) is 4.74 Å². The summed E-state index contributed by atoms with van der Waals surface area (Å²) < 4.78 is 5.77. The van der Waals surface area contributed by atoms with Crippen LogP contribution in [0.25, 0.3) is 21.8 Å². The van der Waals surface area contributed by atoms with Crippen LogP contribution >= 0.6 is 0 Å². The molecule has 5 aromatic rings. The van der Waals surface area contributed by atoms with Crippen molar-refractivity contribution in [2.75, 3.05) is 0 Å². The number of benzene rings is 3. The molecule has 2 heterocycles. The van der Waals surface area contributed by atoms with E-state index in [1.54, 1.807) is 0 Å². The average molecular weight is 380 g/mol. The van der Waals surface area contributed by atoms with Crippen molar-refractivity contribution in [3.63, 3.8) is 0 Å². The van der Waals surface area contributed by atoms with Crippen molar-refractivity contribution in [1.29, 1.82) is 0 Å². The molecule has 0 radical (unpaired) electrons. The molecule has 5 rings (SSSR count). The SMILES string of the molecule is O=C(OCc1ccccc1)C(c1c[nH]c2ccccc12)c1c[nH]c2ccccc12. The highest BCUT2D eigenvalue weighted by atomic mass is 16.5. The van der Waals surface area contributed by atoms with Crippen LogP contribution in [-0.4, -0.2) is 15.9 Å². The zero-order valence-corrected chi connectivity index (χ0v) is 15.8. The Bertz CT molecular complexity index is 1210. The maximum atomic E-state index is 13.4. The highest BCUT2D eigenvalue weighted by Crippen LogP contribution is 2.35. The molecule has 0 atom stereocenters. The topological polar surface area (TPSA) is 57.9 Å². The quantitative estimate of drug-likeness (QED) is 0.394. The van der Waals surface area contributed by atoms with E-state index < -0.39 is 5.92 Å². The van der Waals surface area contributed by atoms with Crippen molar-refractivity contribution in [3.05, 3.63) is 108 Å². The van der Waals surface area contributed by atoms with Gasteiger partial charge in [-0.3, -0.25) is 4.79 Å². The van der Waals surface area contributed by atoms with Gasteiger partial charge in [0.1, 0.15) is 12.5 Å². The van der Waals surface area contributed by atoms with Gasteiger partial charge in [0, 0.05) is 34.2 Å². The van der Waals surface area contributed by atoms with Crippen molar-refractivity contribution >= 4 is 27.8 Å². The van der Waals surface area contributed by atoms with Gasteiger partial charge in [-0.1, -0.05) is 66.7 Å². The van der Waals surface area contributed by atoms with Gasteiger partial charge in [-0.2, -0.15) is 0 Å². The summed E-state index contributed by atoms with van der Waals surface area (Å²) in [4.78, 5) is 19.9. The van der Waals surface area contributed by atoms with Gasteiger partial charge in [-0.05, 0) is 28.8 Å². The fourth-order valence-electron chi connectivity index (χ4n) is 3.90. The smallest absolute Gasteiger partial charge is 0.318 e. The van der Waals surface area contributed by atoms with E-state index in [9.17, 15) is 4.79 Å². The van der Waals surface area contributed by atoms with Crippen molar-refractivity contribution in [1.82, 2.24) is 9.97 Å². The molecular formula is C25H20N2O2. The highest BCUT2D eigenvalue weighted by Gasteiger charge is 2.29. The van der Waals surface area contributed by atoms with Gasteiger partial charge in [0.15, 0.2) is 0 Å². The van der Waals surface area contributed by atoms with Gasteiger partial charge < -0.3 is 14.7 Å². The Kier molecular flexibility index (Phi) is 4.37. The van der Waals surface area contributed by atoms with E-state index in [1.165, 1.54) is 0 Å². The summed E-state index contributed by atoms with van der Waals surface area (Å²) in [5.74, 6) is -0.783. The number of ether oxygens (including phenoxy) is 1. The third-order valence-corrected chi connectivity index (χ3v) is 5.32. The number of carbonyl (C=O) groups is 1. The molecule has 0 unspecified atom stereocenters. The Labute approximate surface area is 168 Å². The van der Waals surface area contributed by atoms with Crippen LogP contribution in [0, 0.1) is 0 Å². The monoisotopic (exact) mass is 380 g/mol. The van der Waals surface area contributed by atoms with E-state index >= 15 is 0 Å². The number of esters is 1. The summed E-state index contributed by atoms with van der Waals surface area (Å²) in [6.07, 6.45) is 3.84. The molecule has 0 fully saturated rings. The molecule has 2 aromatic heterocycles. The molecule has 0 saturated heterocycles. The highest BCUT2D eigenvalue weighted by molar-refractivity contribution is 5.96. The number of hydrogen-bond donors (Lipinski definition) is 2. The summed E-state index contributed by atoms with van der Waals surface area (Å²) in [6, 6.07) is 25.8. The Hall–Kier alpha value is -3.79. The van der Waals surface area contributed by atoms with Crippen LogP contribution in [0.1, 0.15) is 22.6 Å². The number of nitrogens with one attached hydrogen (secondary N) is 2. The number of rotatable bonds is 5. The van der Waals surface area contributed by atoms with Crippen LogP contribution in [0.15, 0.2) is 91.3 Å². The van der Waals surface area contributed by atoms with Crippen LogP contribution in [0.5, 0.6) is 0 Å². The van der Waals surface area contributed by atoms with E-state index in [2.05, 4.69) is 9.97 Å². The number of fused-ring (bicyclic) bond motifs is 2. The zero-order valence-electron chi connectivity index (χ0n) is 15.8. The van der Waals surface area contributed by atoms with Gasteiger partial charge in [0.25, 0.3) is 0 Å². The third kappa shape index (κ3) is 3.19. The fourth-order valence-corrected chi connectivity index (χ4v) is 3.90.